The topological polar surface area (TPSA) is 43.0 Å². The van der Waals surface area contributed by atoms with Crippen LogP contribution < -0.4 is 19.7 Å². The summed E-state index contributed by atoms with van der Waals surface area (Å²) >= 11 is 0. The summed E-state index contributed by atoms with van der Waals surface area (Å²) in [5, 5.41) is 3.45. The van der Waals surface area contributed by atoms with Crippen molar-refractivity contribution in [3.8, 4) is 11.5 Å². The summed E-state index contributed by atoms with van der Waals surface area (Å²) < 4.78 is 16.9. The first-order valence-corrected chi connectivity index (χ1v) is 10.1. The smallest absolute Gasteiger partial charge is 0.121 e. The van der Waals surface area contributed by atoms with Gasteiger partial charge in [-0.1, -0.05) is 30.3 Å². The molecule has 3 aromatic carbocycles. The summed E-state index contributed by atoms with van der Waals surface area (Å²) in [6.07, 6.45) is 0. The number of methoxy groups -OCH3 is 1. The molecule has 0 aliphatic heterocycles. The fraction of sp³-hybridized carbons (Fsp3) is 0.280. The zero-order valence-electron chi connectivity index (χ0n) is 17.9. The molecule has 5 nitrogen and oxygen atoms in total. The van der Waals surface area contributed by atoms with Gasteiger partial charge >= 0.3 is 0 Å². The fourth-order valence-electron chi connectivity index (χ4n) is 3.02. The summed E-state index contributed by atoms with van der Waals surface area (Å²) in [4.78, 5) is 2.05. The van der Waals surface area contributed by atoms with Gasteiger partial charge in [-0.2, -0.15) is 0 Å². The molecule has 0 atom stereocenters. The molecule has 0 saturated heterocycles. The molecule has 3 rings (SSSR count). The third kappa shape index (κ3) is 6.71. The number of hydrogen-bond acceptors (Lipinski definition) is 5. The second-order valence-corrected chi connectivity index (χ2v) is 7.20. The van der Waals surface area contributed by atoms with E-state index in [1.54, 1.807) is 7.11 Å². The highest BCUT2D eigenvalue weighted by Gasteiger charge is 2.01. The lowest BCUT2D eigenvalue weighted by molar-refractivity contribution is 0.0889. The van der Waals surface area contributed by atoms with Crippen molar-refractivity contribution in [2.75, 3.05) is 44.6 Å². The molecule has 0 heterocycles. The number of ether oxygens (including phenoxy) is 3. The molecule has 30 heavy (non-hydrogen) atoms. The molecule has 0 unspecified atom stereocenters. The monoisotopic (exact) mass is 406 g/mol. The van der Waals surface area contributed by atoms with Gasteiger partial charge in [0.15, 0.2) is 0 Å². The Bertz CT molecular complexity index is 928. The lowest BCUT2D eigenvalue weighted by Crippen LogP contribution is -2.10. The SMILES string of the molecule is COc1cccc(CNc2cccc(COCCOc3cccc(N(C)C)c3)c2)c1. The molecule has 0 spiro atoms. The van der Waals surface area contributed by atoms with E-state index in [9.17, 15) is 0 Å². The molecular weight excluding hydrogens is 376 g/mol. The molecule has 0 saturated carbocycles. The average Bonchev–Trinajstić information content (AvgIpc) is 2.78. The van der Waals surface area contributed by atoms with Crippen LogP contribution in [0.5, 0.6) is 11.5 Å². The van der Waals surface area contributed by atoms with Gasteiger partial charge in [0.2, 0.25) is 0 Å². The van der Waals surface area contributed by atoms with Crippen molar-refractivity contribution in [1.82, 2.24) is 0 Å². The summed E-state index contributed by atoms with van der Waals surface area (Å²) in [5.74, 6) is 1.72. The highest BCUT2D eigenvalue weighted by atomic mass is 16.5. The van der Waals surface area contributed by atoms with Crippen molar-refractivity contribution in [3.63, 3.8) is 0 Å². The Balaban J connectivity index is 1.41. The van der Waals surface area contributed by atoms with E-state index >= 15 is 0 Å². The normalized spacial score (nSPS) is 10.5. The number of nitrogens with zero attached hydrogens (tertiary/aromatic N) is 1. The van der Waals surface area contributed by atoms with Crippen LogP contribution in [-0.2, 0) is 17.9 Å². The van der Waals surface area contributed by atoms with E-state index in [4.69, 9.17) is 14.2 Å². The number of nitrogens with one attached hydrogen (secondary N) is 1. The largest absolute Gasteiger partial charge is 0.497 e. The maximum Gasteiger partial charge on any atom is 0.121 e. The Morgan fingerprint density at radius 2 is 1.57 bits per heavy atom. The van der Waals surface area contributed by atoms with Crippen molar-refractivity contribution in [3.05, 3.63) is 83.9 Å². The van der Waals surface area contributed by atoms with E-state index in [0.29, 0.717) is 19.8 Å². The zero-order chi connectivity index (χ0) is 21.2. The highest BCUT2D eigenvalue weighted by molar-refractivity contribution is 5.49. The molecule has 0 fully saturated rings. The number of anilines is 2. The number of hydrogen-bond donors (Lipinski definition) is 1. The highest BCUT2D eigenvalue weighted by Crippen LogP contribution is 2.19. The zero-order valence-corrected chi connectivity index (χ0v) is 17.9. The maximum atomic E-state index is 5.79. The van der Waals surface area contributed by atoms with E-state index in [-0.39, 0.29) is 0 Å². The second kappa shape index (κ2) is 11.1. The standard InChI is InChI=1S/C25H30N2O3/c1-27(2)23-10-6-12-25(17-23)30-14-13-29-19-21-8-4-9-22(15-21)26-18-20-7-5-11-24(16-20)28-3/h4-12,15-17,26H,13-14,18-19H2,1-3H3. The molecule has 0 aliphatic rings. The summed E-state index contributed by atoms with van der Waals surface area (Å²) in [7, 11) is 5.71. The van der Waals surface area contributed by atoms with Gasteiger partial charge in [-0.3, -0.25) is 0 Å². The van der Waals surface area contributed by atoms with Gasteiger partial charge in [0.25, 0.3) is 0 Å². The third-order valence-corrected chi connectivity index (χ3v) is 4.66. The minimum atomic E-state index is 0.519. The predicted molar refractivity (Wildman–Crippen MR) is 123 cm³/mol. The van der Waals surface area contributed by atoms with Gasteiger partial charge in [0, 0.05) is 38.1 Å². The van der Waals surface area contributed by atoms with Gasteiger partial charge in [0.1, 0.15) is 18.1 Å². The second-order valence-electron chi connectivity index (χ2n) is 7.20. The minimum Gasteiger partial charge on any atom is -0.497 e. The fourth-order valence-corrected chi connectivity index (χ4v) is 3.02. The molecule has 0 radical (unpaired) electrons. The molecule has 158 valence electrons. The molecule has 0 aromatic heterocycles. The summed E-state index contributed by atoms with van der Waals surface area (Å²) in [6.45, 7) is 2.34. The predicted octanol–water partition coefficient (Wildman–Crippen LogP) is 4.97. The maximum absolute atomic E-state index is 5.79. The van der Waals surface area contributed by atoms with E-state index in [1.807, 2.05) is 56.6 Å². The van der Waals surface area contributed by atoms with Crippen molar-refractivity contribution < 1.29 is 14.2 Å². The van der Waals surface area contributed by atoms with Crippen LogP contribution in [0.25, 0.3) is 0 Å². The van der Waals surface area contributed by atoms with Crippen molar-refractivity contribution in [2.24, 2.45) is 0 Å². The van der Waals surface area contributed by atoms with Gasteiger partial charge < -0.3 is 24.4 Å². The van der Waals surface area contributed by atoms with Crippen molar-refractivity contribution in [1.29, 1.82) is 0 Å². The first-order chi connectivity index (χ1) is 14.6. The molecular formula is C25H30N2O3. The first kappa shape index (κ1) is 21.5. The Labute approximate surface area is 179 Å². The van der Waals surface area contributed by atoms with Crippen LogP contribution in [0.3, 0.4) is 0 Å². The lowest BCUT2D eigenvalue weighted by atomic mass is 10.2. The van der Waals surface area contributed by atoms with Gasteiger partial charge in [0.05, 0.1) is 20.3 Å². The first-order valence-electron chi connectivity index (χ1n) is 10.1. The van der Waals surface area contributed by atoms with Crippen LogP contribution in [0.1, 0.15) is 11.1 Å². The Hall–Kier alpha value is -3.18. The Morgan fingerprint density at radius 3 is 2.40 bits per heavy atom. The molecule has 0 amide bonds. The Kier molecular flexibility index (Phi) is 7.98. The van der Waals surface area contributed by atoms with Gasteiger partial charge in [-0.25, -0.2) is 0 Å². The molecule has 0 aliphatic carbocycles. The van der Waals surface area contributed by atoms with E-state index in [2.05, 4.69) is 40.5 Å². The molecule has 3 aromatic rings. The van der Waals surface area contributed by atoms with Crippen LogP contribution in [0, 0.1) is 0 Å². The van der Waals surface area contributed by atoms with Crippen LogP contribution in [-0.4, -0.2) is 34.4 Å². The van der Waals surface area contributed by atoms with Crippen molar-refractivity contribution >= 4 is 11.4 Å². The van der Waals surface area contributed by atoms with Gasteiger partial charge in [-0.05, 0) is 47.5 Å². The average molecular weight is 407 g/mol. The van der Waals surface area contributed by atoms with E-state index in [1.165, 1.54) is 5.56 Å². The Morgan fingerprint density at radius 1 is 0.800 bits per heavy atom. The van der Waals surface area contributed by atoms with Crippen LogP contribution in [0.2, 0.25) is 0 Å². The number of benzene rings is 3. The minimum absolute atomic E-state index is 0.519. The number of rotatable bonds is 11. The molecule has 1 N–H and O–H groups in total. The van der Waals surface area contributed by atoms with Crippen LogP contribution in [0.4, 0.5) is 11.4 Å². The lowest BCUT2D eigenvalue weighted by Gasteiger charge is -2.14. The van der Waals surface area contributed by atoms with E-state index < -0.39 is 0 Å². The van der Waals surface area contributed by atoms with Gasteiger partial charge in [-0.15, -0.1) is 0 Å². The summed E-state index contributed by atoms with van der Waals surface area (Å²) in [6, 6.07) is 24.4. The summed E-state index contributed by atoms with van der Waals surface area (Å²) in [5.41, 5.74) is 4.48. The van der Waals surface area contributed by atoms with E-state index in [0.717, 1.165) is 35.0 Å². The molecule has 5 heteroatoms. The third-order valence-electron chi connectivity index (χ3n) is 4.66. The van der Waals surface area contributed by atoms with Crippen molar-refractivity contribution in [2.45, 2.75) is 13.2 Å². The van der Waals surface area contributed by atoms with Crippen LogP contribution >= 0.6 is 0 Å². The van der Waals surface area contributed by atoms with Crippen LogP contribution in [0.15, 0.2) is 72.8 Å². The molecule has 0 bridgehead atoms. The quantitative estimate of drug-likeness (QED) is 0.456.